The van der Waals surface area contributed by atoms with E-state index in [1.807, 2.05) is 0 Å². The molecule has 1 atom stereocenters. The van der Waals surface area contributed by atoms with Crippen LogP contribution < -0.4 is 0 Å². The SMILES string of the molecule is CCC(C)C.O=[P+]1O[CH-]CC2(CC2)O1.[V]. The molecule has 0 aromatic carbocycles. The van der Waals surface area contributed by atoms with Crippen LogP contribution in [0, 0.1) is 12.5 Å². The van der Waals surface area contributed by atoms with Crippen molar-refractivity contribution >= 4 is 8.25 Å². The molecule has 0 N–H and O–H groups in total. The van der Waals surface area contributed by atoms with Gasteiger partial charge in [-0.15, -0.1) is 17.6 Å². The zero-order valence-corrected chi connectivity index (χ0v) is 11.9. The normalized spacial score (nSPS) is 24.1. The summed E-state index contributed by atoms with van der Waals surface area (Å²) < 4.78 is 20.2. The second-order valence-electron chi connectivity index (χ2n) is 4.28. The molecule has 2 rings (SSSR count). The summed E-state index contributed by atoms with van der Waals surface area (Å²) in [6.07, 6.45) is 4.18. The molecule has 1 aliphatic heterocycles. The molecule has 0 aromatic heterocycles. The van der Waals surface area contributed by atoms with Gasteiger partial charge >= 0.3 is 8.25 Å². The third kappa shape index (κ3) is 6.04. The van der Waals surface area contributed by atoms with Crippen molar-refractivity contribution < 1.29 is 32.2 Å². The topological polar surface area (TPSA) is 35.5 Å². The summed E-state index contributed by atoms with van der Waals surface area (Å²) in [5.41, 5.74) is -0.0638. The van der Waals surface area contributed by atoms with Crippen molar-refractivity contribution in [3.05, 3.63) is 6.61 Å². The molecule has 1 saturated carbocycles. The summed E-state index contributed by atoms with van der Waals surface area (Å²) in [5, 5.41) is 0. The maximum absolute atomic E-state index is 10.6. The predicted octanol–water partition coefficient (Wildman–Crippen LogP) is 3.82. The van der Waals surface area contributed by atoms with Crippen LogP contribution >= 0.6 is 8.25 Å². The van der Waals surface area contributed by atoms with Crippen molar-refractivity contribution in [2.45, 2.75) is 52.1 Å². The number of hydrogen-bond acceptors (Lipinski definition) is 3. The van der Waals surface area contributed by atoms with Gasteiger partial charge in [0, 0.05) is 23.1 Å². The Morgan fingerprint density at radius 2 is 2.00 bits per heavy atom. The fourth-order valence-corrected chi connectivity index (χ4v) is 1.71. The van der Waals surface area contributed by atoms with Gasteiger partial charge in [0.2, 0.25) is 0 Å². The summed E-state index contributed by atoms with van der Waals surface area (Å²) in [6.45, 7) is 8.24. The summed E-state index contributed by atoms with van der Waals surface area (Å²) in [5.74, 6) is 0.884. The Hall–Kier alpha value is 0.604. The second-order valence-corrected chi connectivity index (χ2v) is 5.12. The van der Waals surface area contributed by atoms with E-state index < -0.39 is 8.25 Å². The van der Waals surface area contributed by atoms with Gasteiger partial charge in [-0.05, 0) is 18.8 Å². The standard InChI is InChI=1S/C5H7O3P.C5H12.V/c6-9-7-4-3-5(8-9)1-2-5;1-4-5(2)3;/h4H,1-3H2;5H,4H2,1-3H3;. The van der Waals surface area contributed by atoms with E-state index in [2.05, 4.69) is 25.3 Å². The van der Waals surface area contributed by atoms with Crippen LogP contribution in [0.5, 0.6) is 0 Å². The molecule has 1 radical (unpaired) electrons. The Kier molecular flexibility index (Phi) is 7.32. The van der Waals surface area contributed by atoms with E-state index in [0.29, 0.717) is 0 Å². The third-order valence-corrected chi connectivity index (χ3v) is 3.37. The van der Waals surface area contributed by atoms with Gasteiger partial charge in [-0.1, -0.05) is 27.2 Å². The van der Waals surface area contributed by atoms with Gasteiger partial charge in [0.1, 0.15) is 5.60 Å². The van der Waals surface area contributed by atoms with Crippen molar-refractivity contribution in [2.75, 3.05) is 0 Å². The van der Waals surface area contributed by atoms with E-state index in [9.17, 15) is 4.57 Å². The van der Waals surface area contributed by atoms with Crippen LogP contribution in [-0.2, 0) is 32.2 Å². The summed E-state index contributed by atoms with van der Waals surface area (Å²) in [6, 6.07) is 0. The van der Waals surface area contributed by atoms with Gasteiger partial charge < -0.3 is 0 Å². The first-order valence-electron chi connectivity index (χ1n) is 5.23. The van der Waals surface area contributed by atoms with Crippen molar-refractivity contribution in [3.8, 4) is 0 Å². The second kappa shape index (κ2) is 7.03. The first-order valence-corrected chi connectivity index (χ1v) is 6.32. The van der Waals surface area contributed by atoms with E-state index in [0.717, 1.165) is 25.2 Å². The van der Waals surface area contributed by atoms with Gasteiger partial charge in [-0.25, -0.2) is 0 Å². The molecular formula is C10H19O3PV. The van der Waals surface area contributed by atoms with E-state index in [1.54, 1.807) is 6.61 Å². The van der Waals surface area contributed by atoms with Crippen LogP contribution in [-0.4, -0.2) is 5.60 Å². The molecule has 1 unspecified atom stereocenters. The van der Waals surface area contributed by atoms with Crippen molar-refractivity contribution in [1.82, 2.24) is 0 Å². The molecule has 1 heterocycles. The van der Waals surface area contributed by atoms with Crippen LogP contribution in [0.15, 0.2) is 0 Å². The third-order valence-electron chi connectivity index (χ3n) is 2.51. The van der Waals surface area contributed by atoms with E-state index in [1.165, 1.54) is 6.42 Å². The maximum Gasteiger partial charge on any atom is 0.664 e. The average molecular weight is 269 g/mol. The van der Waals surface area contributed by atoms with Crippen LogP contribution in [0.4, 0.5) is 0 Å². The average Bonchev–Trinajstić information content (AvgIpc) is 2.85. The van der Waals surface area contributed by atoms with Gasteiger partial charge in [-0.2, -0.15) is 0 Å². The monoisotopic (exact) mass is 269 g/mol. The molecule has 15 heavy (non-hydrogen) atoms. The minimum atomic E-state index is -1.82. The van der Waals surface area contributed by atoms with Gasteiger partial charge in [0.15, 0.2) is 0 Å². The summed E-state index contributed by atoms with van der Waals surface area (Å²) >= 11 is 0. The molecular weight excluding hydrogens is 250 g/mol. The van der Waals surface area contributed by atoms with Crippen LogP contribution in [0.3, 0.4) is 0 Å². The minimum absolute atomic E-state index is 0. The van der Waals surface area contributed by atoms with Gasteiger partial charge in [0.25, 0.3) is 0 Å². The maximum atomic E-state index is 10.6. The molecule has 0 bridgehead atoms. The fourth-order valence-electron chi connectivity index (χ4n) is 0.902. The van der Waals surface area contributed by atoms with Crippen LogP contribution in [0.1, 0.15) is 46.5 Å². The largest absolute Gasteiger partial charge is 0.664 e. The molecule has 1 spiro atoms. The van der Waals surface area contributed by atoms with Crippen molar-refractivity contribution in [2.24, 2.45) is 5.92 Å². The van der Waals surface area contributed by atoms with Gasteiger partial charge in [-0.3, -0.25) is 4.52 Å². The Morgan fingerprint density at radius 1 is 1.47 bits per heavy atom. The Balaban J connectivity index is 0.000000289. The van der Waals surface area contributed by atoms with Crippen molar-refractivity contribution in [3.63, 3.8) is 0 Å². The quantitative estimate of drug-likeness (QED) is 0.536. The number of rotatable bonds is 1. The molecule has 1 aliphatic carbocycles. The molecule has 0 aromatic rings. The van der Waals surface area contributed by atoms with Crippen molar-refractivity contribution in [1.29, 1.82) is 0 Å². The molecule has 87 valence electrons. The molecule has 5 heteroatoms. The zero-order chi connectivity index (χ0) is 10.6. The Labute approximate surface area is 105 Å². The van der Waals surface area contributed by atoms with Crippen LogP contribution in [0.25, 0.3) is 0 Å². The summed E-state index contributed by atoms with van der Waals surface area (Å²) in [4.78, 5) is 0. The smallest absolute Gasteiger partial charge is 0.293 e. The Bertz CT molecular complexity index is 205. The molecule has 2 aliphatic rings. The van der Waals surface area contributed by atoms with E-state index in [4.69, 9.17) is 4.52 Å². The first-order chi connectivity index (χ1) is 6.58. The van der Waals surface area contributed by atoms with Crippen LogP contribution in [0.2, 0.25) is 0 Å². The molecule has 1 saturated heterocycles. The predicted molar refractivity (Wildman–Crippen MR) is 55.8 cm³/mol. The summed E-state index contributed by atoms with van der Waals surface area (Å²) in [7, 11) is -1.82. The fraction of sp³-hybridized carbons (Fsp3) is 0.900. The minimum Gasteiger partial charge on any atom is -0.293 e. The van der Waals surface area contributed by atoms with E-state index >= 15 is 0 Å². The zero-order valence-electron chi connectivity index (χ0n) is 9.60. The van der Waals surface area contributed by atoms with E-state index in [-0.39, 0.29) is 24.2 Å². The molecule has 3 nitrogen and oxygen atoms in total. The van der Waals surface area contributed by atoms with Gasteiger partial charge in [0.05, 0.1) is 0 Å². The number of hydrogen-bond donors (Lipinski definition) is 0. The first kappa shape index (κ1) is 15.6. The Morgan fingerprint density at radius 3 is 2.27 bits per heavy atom. The molecule has 2 fully saturated rings. The molecule has 0 amide bonds.